The SMILES string of the molecule is OCC[C@@H](/C=C/c1ccccc1)CO. The highest BCUT2D eigenvalue weighted by molar-refractivity contribution is 5.48. The molecule has 0 aliphatic rings. The van der Waals surface area contributed by atoms with E-state index in [1.165, 1.54) is 0 Å². The standard InChI is InChI=1S/C12H16O2/c13-9-8-12(10-14)7-6-11-4-2-1-3-5-11/h1-7,12-14H,8-10H2/b7-6+/t12-/m1/s1. The molecule has 0 unspecified atom stereocenters. The lowest BCUT2D eigenvalue weighted by molar-refractivity contribution is 0.208. The minimum atomic E-state index is 0.0557. The maximum absolute atomic E-state index is 8.97. The summed E-state index contributed by atoms with van der Waals surface area (Å²) in [5.41, 5.74) is 1.11. The van der Waals surface area contributed by atoms with Crippen LogP contribution in [0.4, 0.5) is 0 Å². The van der Waals surface area contributed by atoms with E-state index in [1.807, 2.05) is 42.5 Å². The van der Waals surface area contributed by atoms with Gasteiger partial charge in [-0.15, -0.1) is 0 Å². The zero-order chi connectivity index (χ0) is 10.2. The normalized spacial score (nSPS) is 13.3. The summed E-state index contributed by atoms with van der Waals surface area (Å²) in [6, 6.07) is 9.92. The Kier molecular flexibility index (Phi) is 4.97. The van der Waals surface area contributed by atoms with Crippen LogP contribution in [0.1, 0.15) is 12.0 Å². The first-order valence-corrected chi connectivity index (χ1v) is 4.81. The molecular formula is C12H16O2. The molecule has 1 aromatic carbocycles. The molecule has 1 rings (SSSR count). The Morgan fingerprint density at radius 3 is 2.43 bits per heavy atom. The molecule has 0 saturated carbocycles. The smallest absolute Gasteiger partial charge is 0.0494 e. The second-order valence-corrected chi connectivity index (χ2v) is 3.22. The van der Waals surface area contributed by atoms with Gasteiger partial charge in [0.2, 0.25) is 0 Å². The number of hydrogen-bond acceptors (Lipinski definition) is 2. The van der Waals surface area contributed by atoms with E-state index < -0.39 is 0 Å². The summed E-state index contributed by atoms with van der Waals surface area (Å²) >= 11 is 0. The van der Waals surface area contributed by atoms with Crippen LogP contribution in [0.15, 0.2) is 36.4 Å². The molecule has 0 bridgehead atoms. The number of rotatable bonds is 5. The van der Waals surface area contributed by atoms with E-state index in [4.69, 9.17) is 10.2 Å². The third-order valence-corrected chi connectivity index (χ3v) is 2.09. The number of benzene rings is 1. The maximum atomic E-state index is 8.97. The third-order valence-electron chi connectivity index (χ3n) is 2.09. The van der Waals surface area contributed by atoms with Gasteiger partial charge in [-0.3, -0.25) is 0 Å². The van der Waals surface area contributed by atoms with Crippen LogP contribution in [0.5, 0.6) is 0 Å². The lowest BCUT2D eigenvalue weighted by Crippen LogP contribution is -2.04. The zero-order valence-electron chi connectivity index (χ0n) is 8.13. The minimum absolute atomic E-state index is 0.0557. The first-order chi connectivity index (χ1) is 6.86. The first-order valence-electron chi connectivity index (χ1n) is 4.81. The molecule has 0 heterocycles. The molecule has 2 N–H and O–H groups in total. The molecule has 0 fully saturated rings. The van der Waals surface area contributed by atoms with Gasteiger partial charge >= 0.3 is 0 Å². The molecule has 2 heteroatoms. The van der Waals surface area contributed by atoms with Crippen molar-refractivity contribution in [2.45, 2.75) is 6.42 Å². The summed E-state index contributed by atoms with van der Waals surface area (Å²) in [5, 5.41) is 17.7. The van der Waals surface area contributed by atoms with Crippen molar-refractivity contribution in [1.82, 2.24) is 0 Å². The average molecular weight is 192 g/mol. The molecule has 0 aromatic heterocycles. The molecule has 0 saturated heterocycles. The van der Waals surface area contributed by atoms with Crippen molar-refractivity contribution in [3.63, 3.8) is 0 Å². The Hall–Kier alpha value is -1.12. The fourth-order valence-electron chi connectivity index (χ4n) is 1.23. The van der Waals surface area contributed by atoms with Crippen molar-refractivity contribution in [3.05, 3.63) is 42.0 Å². The van der Waals surface area contributed by atoms with Gasteiger partial charge in [0.15, 0.2) is 0 Å². The lowest BCUT2D eigenvalue weighted by atomic mass is 10.1. The van der Waals surface area contributed by atoms with Gasteiger partial charge in [0, 0.05) is 19.1 Å². The molecule has 0 radical (unpaired) electrons. The second kappa shape index (κ2) is 6.35. The molecule has 2 nitrogen and oxygen atoms in total. The van der Waals surface area contributed by atoms with Crippen molar-refractivity contribution in [3.8, 4) is 0 Å². The van der Waals surface area contributed by atoms with Crippen LogP contribution in [0, 0.1) is 5.92 Å². The average Bonchev–Trinajstić information content (AvgIpc) is 2.25. The van der Waals surface area contributed by atoms with E-state index in [9.17, 15) is 0 Å². The summed E-state index contributed by atoms with van der Waals surface area (Å²) in [6.07, 6.45) is 4.52. The second-order valence-electron chi connectivity index (χ2n) is 3.22. The van der Waals surface area contributed by atoms with Gasteiger partial charge < -0.3 is 10.2 Å². The lowest BCUT2D eigenvalue weighted by Gasteiger charge is -2.05. The highest BCUT2D eigenvalue weighted by Crippen LogP contribution is 2.08. The van der Waals surface area contributed by atoms with Crippen LogP contribution in [0.3, 0.4) is 0 Å². The van der Waals surface area contributed by atoms with Gasteiger partial charge in [0.1, 0.15) is 0 Å². The van der Waals surface area contributed by atoms with E-state index in [-0.39, 0.29) is 19.1 Å². The molecule has 76 valence electrons. The van der Waals surface area contributed by atoms with Crippen LogP contribution >= 0.6 is 0 Å². The Labute approximate surface area is 84.5 Å². The van der Waals surface area contributed by atoms with Gasteiger partial charge in [-0.2, -0.15) is 0 Å². The van der Waals surface area contributed by atoms with Gasteiger partial charge in [0.05, 0.1) is 0 Å². The molecule has 1 atom stereocenters. The Balaban J connectivity index is 2.53. The number of aliphatic hydroxyl groups is 2. The van der Waals surface area contributed by atoms with Crippen molar-refractivity contribution in [2.75, 3.05) is 13.2 Å². The Bertz CT molecular complexity index is 267. The Morgan fingerprint density at radius 1 is 1.14 bits per heavy atom. The summed E-state index contributed by atoms with van der Waals surface area (Å²) < 4.78 is 0. The minimum Gasteiger partial charge on any atom is -0.396 e. The summed E-state index contributed by atoms with van der Waals surface area (Å²) in [4.78, 5) is 0. The summed E-state index contributed by atoms with van der Waals surface area (Å²) in [7, 11) is 0. The van der Waals surface area contributed by atoms with Crippen LogP contribution in [-0.2, 0) is 0 Å². The van der Waals surface area contributed by atoms with Crippen LogP contribution in [0.2, 0.25) is 0 Å². The van der Waals surface area contributed by atoms with Gasteiger partial charge in [-0.25, -0.2) is 0 Å². The van der Waals surface area contributed by atoms with E-state index in [0.29, 0.717) is 6.42 Å². The molecule has 0 aliphatic heterocycles. The van der Waals surface area contributed by atoms with Crippen LogP contribution < -0.4 is 0 Å². The first kappa shape index (κ1) is 11.0. The molecular weight excluding hydrogens is 176 g/mol. The van der Waals surface area contributed by atoms with Gasteiger partial charge in [0.25, 0.3) is 0 Å². The quantitative estimate of drug-likeness (QED) is 0.745. The van der Waals surface area contributed by atoms with Crippen molar-refractivity contribution >= 4 is 6.08 Å². The monoisotopic (exact) mass is 192 g/mol. The van der Waals surface area contributed by atoms with Crippen LogP contribution in [0.25, 0.3) is 6.08 Å². The van der Waals surface area contributed by atoms with Crippen molar-refractivity contribution in [1.29, 1.82) is 0 Å². The fraction of sp³-hybridized carbons (Fsp3) is 0.333. The topological polar surface area (TPSA) is 40.5 Å². The maximum Gasteiger partial charge on any atom is 0.0494 e. The highest BCUT2D eigenvalue weighted by Gasteiger charge is 2.00. The fourth-order valence-corrected chi connectivity index (χ4v) is 1.23. The Morgan fingerprint density at radius 2 is 1.86 bits per heavy atom. The predicted octanol–water partition coefficient (Wildman–Crippen LogP) is 1.69. The molecule has 0 aliphatic carbocycles. The van der Waals surface area contributed by atoms with Gasteiger partial charge in [-0.1, -0.05) is 42.5 Å². The number of hydrogen-bond donors (Lipinski definition) is 2. The third kappa shape index (κ3) is 3.73. The summed E-state index contributed by atoms with van der Waals surface area (Å²) in [6.45, 7) is 0.203. The molecule has 1 aromatic rings. The predicted molar refractivity (Wildman–Crippen MR) is 57.8 cm³/mol. The number of aliphatic hydroxyl groups excluding tert-OH is 2. The van der Waals surface area contributed by atoms with Gasteiger partial charge in [-0.05, 0) is 12.0 Å². The van der Waals surface area contributed by atoms with E-state index in [0.717, 1.165) is 5.56 Å². The molecule has 0 spiro atoms. The molecule has 0 amide bonds. The van der Waals surface area contributed by atoms with E-state index in [1.54, 1.807) is 0 Å². The molecule has 14 heavy (non-hydrogen) atoms. The zero-order valence-corrected chi connectivity index (χ0v) is 8.13. The van der Waals surface area contributed by atoms with E-state index in [2.05, 4.69) is 0 Å². The highest BCUT2D eigenvalue weighted by atomic mass is 16.3. The van der Waals surface area contributed by atoms with Crippen molar-refractivity contribution < 1.29 is 10.2 Å². The van der Waals surface area contributed by atoms with E-state index >= 15 is 0 Å². The van der Waals surface area contributed by atoms with Crippen LogP contribution in [-0.4, -0.2) is 23.4 Å². The van der Waals surface area contributed by atoms with Crippen molar-refractivity contribution in [2.24, 2.45) is 5.92 Å². The largest absolute Gasteiger partial charge is 0.396 e. The summed E-state index contributed by atoms with van der Waals surface area (Å²) in [5.74, 6) is 0.0557.